The second-order valence-corrected chi connectivity index (χ2v) is 4.91. The van der Waals surface area contributed by atoms with E-state index in [4.69, 9.17) is 16.3 Å². The molecule has 2 aromatic rings. The lowest BCUT2D eigenvalue weighted by atomic mass is 10.2. The van der Waals surface area contributed by atoms with Crippen molar-refractivity contribution in [1.82, 2.24) is 14.8 Å². The fourth-order valence-corrected chi connectivity index (χ4v) is 2.13. The zero-order chi connectivity index (χ0) is 13.0. The third-order valence-corrected chi connectivity index (χ3v) is 3.34. The van der Waals surface area contributed by atoms with Crippen molar-refractivity contribution in [3.05, 3.63) is 34.6 Å². The second kappa shape index (κ2) is 6.31. The Balaban J connectivity index is 2.37. The van der Waals surface area contributed by atoms with Crippen LogP contribution in [0.3, 0.4) is 0 Å². The van der Waals surface area contributed by atoms with E-state index in [-0.39, 0.29) is 0 Å². The van der Waals surface area contributed by atoms with Crippen LogP contribution in [0.5, 0.6) is 0 Å². The Labute approximate surface area is 119 Å². The third kappa shape index (κ3) is 2.91. The highest BCUT2D eigenvalue weighted by Gasteiger charge is 2.12. The van der Waals surface area contributed by atoms with Crippen molar-refractivity contribution in [2.75, 3.05) is 13.7 Å². The van der Waals surface area contributed by atoms with Crippen LogP contribution in [0.4, 0.5) is 0 Å². The van der Waals surface area contributed by atoms with Crippen LogP contribution >= 0.6 is 27.5 Å². The first-order valence-electron chi connectivity index (χ1n) is 5.49. The standard InChI is InChI=1S/C12H13BrClN3O/c1-18-7-6-17-11(8-14)15-16-12(17)9-2-4-10(13)5-3-9/h2-5H,6-8H2,1H3. The second-order valence-electron chi connectivity index (χ2n) is 3.72. The fourth-order valence-electron chi connectivity index (χ4n) is 1.66. The summed E-state index contributed by atoms with van der Waals surface area (Å²) < 4.78 is 8.12. The van der Waals surface area contributed by atoms with Gasteiger partial charge in [-0.1, -0.05) is 28.1 Å². The molecule has 0 amide bonds. The van der Waals surface area contributed by atoms with Crippen LogP contribution in [0.1, 0.15) is 5.82 Å². The van der Waals surface area contributed by atoms with E-state index < -0.39 is 0 Å². The van der Waals surface area contributed by atoms with Gasteiger partial charge in [0.1, 0.15) is 5.82 Å². The van der Waals surface area contributed by atoms with Crippen molar-refractivity contribution in [1.29, 1.82) is 0 Å². The predicted octanol–water partition coefficient (Wildman–Crippen LogP) is 3.09. The highest BCUT2D eigenvalue weighted by atomic mass is 79.9. The molecule has 1 heterocycles. The number of nitrogens with zero attached hydrogens (tertiary/aromatic N) is 3. The van der Waals surface area contributed by atoms with Crippen LogP contribution in [-0.4, -0.2) is 28.5 Å². The minimum absolute atomic E-state index is 0.341. The first-order chi connectivity index (χ1) is 8.76. The average Bonchev–Trinajstić information content (AvgIpc) is 2.80. The summed E-state index contributed by atoms with van der Waals surface area (Å²) in [5, 5.41) is 8.30. The SMILES string of the molecule is COCCn1c(CCl)nnc1-c1ccc(Br)cc1. The van der Waals surface area contributed by atoms with Gasteiger partial charge in [0.15, 0.2) is 5.82 Å². The van der Waals surface area contributed by atoms with Crippen molar-refractivity contribution < 1.29 is 4.74 Å². The maximum absolute atomic E-state index is 5.87. The fraction of sp³-hybridized carbons (Fsp3) is 0.333. The van der Waals surface area contributed by atoms with Gasteiger partial charge in [0.05, 0.1) is 12.5 Å². The van der Waals surface area contributed by atoms with Crippen LogP contribution < -0.4 is 0 Å². The van der Waals surface area contributed by atoms with Crippen LogP contribution in [0.25, 0.3) is 11.4 Å². The first-order valence-corrected chi connectivity index (χ1v) is 6.82. The smallest absolute Gasteiger partial charge is 0.164 e. The van der Waals surface area contributed by atoms with Crippen LogP contribution in [0.2, 0.25) is 0 Å². The van der Waals surface area contributed by atoms with E-state index in [0.717, 1.165) is 21.7 Å². The van der Waals surface area contributed by atoms with E-state index in [1.54, 1.807) is 7.11 Å². The molecule has 0 bridgehead atoms. The highest BCUT2D eigenvalue weighted by Crippen LogP contribution is 2.21. The molecule has 0 aliphatic carbocycles. The Morgan fingerprint density at radius 3 is 2.61 bits per heavy atom. The average molecular weight is 331 g/mol. The van der Waals surface area contributed by atoms with Gasteiger partial charge in [-0.3, -0.25) is 0 Å². The predicted molar refractivity (Wildman–Crippen MR) is 74.6 cm³/mol. The monoisotopic (exact) mass is 329 g/mol. The van der Waals surface area contributed by atoms with Gasteiger partial charge in [-0.25, -0.2) is 0 Å². The molecular weight excluding hydrogens is 318 g/mol. The maximum Gasteiger partial charge on any atom is 0.164 e. The van der Waals surface area contributed by atoms with E-state index in [0.29, 0.717) is 19.0 Å². The number of benzene rings is 1. The lowest BCUT2D eigenvalue weighted by molar-refractivity contribution is 0.187. The molecule has 0 saturated carbocycles. The highest BCUT2D eigenvalue weighted by molar-refractivity contribution is 9.10. The van der Waals surface area contributed by atoms with Crippen molar-refractivity contribution >= 4 is 27.5 Å². The number of aromatic nitrogens is 3. The van der Waals surface area contributed by atoms with Gasteiger partial charge in [-0.05, 0) is 12.1 Å². The summed E-state index contributed by atoms with van der Waals surface area (Å²) in [6, 6.07) is 7.95. The first kappa shape index (κ1) is 13.5. The number of hydrogen-bond donors (Lipinski definition) is 0. The molecule has 96 valence electrons. The molecule has 0 spiro atoms. The Kier molecular flexibility index (Phi) is 4.74. The largest absolute Gasteiger partial charge is 0.383 e. The molecule has 4 nitrogen and oxygen atoms in total. The van der Waals surface area contributed by atoms with Gasteiger partial charge in [0, 0.05) is 23.7 Å². The van der Waals surface area contributed by atoms with Crippen molar-refractivity contribution in [2.24, 2.45) is 0 Å². The number of alkyl halides is 1. The molecule has 0 atom stereocenters. The molecule has 0 radical (unpaired) electrons. The third-order valence-electron chi connectivity index (χ3n) is 2.57. The number of rotatable bonds is 5. The Bertz CT molecular complexity index is 513. The van der Waals surface area contributed by atoms with Gasteiger partial charge >= 0.3 is 0 Å². The molecule has 0 N–H and O–H groups in total. The van der Waals surface area contributed by atoms with Crippen molar-refractivity contribution in [3.8, 4) is 11.4 Å². The van der Waals surface area contributed by atoms with Gasteiger partial charge in [-0.15, -0.1) is 21.8 Å². The van der Waals surface area contributed by atoms with Gasteiger partial charge < -0.3 is 9.30 Å². The summed E-state index contributed by atoms with van der Waals surface area (Å²) >= 11 is 9.28. The van der Waals surface area contributed by atoms with E-state index in [2.05, 4.69) is 26.1 Å². The topological polar surface area (TPSA) is 39.9 Å². The maximum atomic E-state index is 5.87. The Morgan fingerprint density at radius 2 is 2.00 bits per heavy atom. The molecule has 0 aliphatic rings. The number of halogens is 2. The lowest BCUT2D eigenvalue weighted by Crippen LogP contribution is -2.09. The summed E-state index contributed by atoms with van der Waals surface area (Å²) in [6.07, 6.45) is 0. The van der Waals surface area contributed by atoms with E-state index >= 15 is 0 Å². The quantitative estimate of drug-likeness (QED) is 0.791. The van der Waals surface area contributed by atoms with Gasteiger partial charge in [0.25, 0.3) is 0 Å². The molecule has 2 rings (SSSR count). The van der Waals surface area contributed by atoms with Crippen LogP contribution in [-0.2, 0) is 17.2 Å². The van der Waals surface area contributed by atoms with Gasteiger partial charge in [0.2, 0.25) is 0 Å². The summed E-state index contributed by atoms with van der Waals surface area (Å²) in [5.41, 5.74) is 1.01. The summed E-state index contributed by atoms with van der Waals surface area (Å²) in [4.78, 5) is 0. The minimum Gasteiger partial charge on any atom is -0.383 e. The number of hydrogen-bond acceptors (Lipinski definition) is 3. The van der Waals surface area contributed by atoms with Crippen LogP contribution in [0.15, 0.2) is 28.7 Å². The molecule has 1 aromatic heterocycles. The van der Waals surface area contributed by atoms with E-state index in [9.17, 15) is 0 Å². The summed E-state index contributed by atoms with van der Waals surface area (Å²) in [7, 11) is 1.67. The summed E-state index contributed by atoms with van der Waals surface area (Å²) in [6.45, 7) is 1.29. The molecular formula is C12H13BrClN3O. The zero-order valence-electron chi connectivity index (χ0n) is 9.94. The molecule has 18 heavy (non-hydrogen) atoms. The number of methoxy groups -OCH3 is 1. The van der Waals surface area contributed by atoms with Gasteiger partial charge in [-0.2, -0.15) is 0 Å². The molecule has 0 fully saturated rings. The van der Waals surface area contributed by atoms with E-state index in [1.165, 1.54) is 0 Å². The van der Waals surface area contributed by atoms with Crippen molar-refractivity contribution in [2.45, 2.75) is 12.4 Å². The normalized spacial score (nSPS) is 10.8. The van der Waals surface area contributed by atoms with E-state index in [1.807, 2.05) is 28.8 Å². The Hall–Kier alpha value is -0.910. The number of ether oxygens (including phenoxy) is 1. The van der Waals surface area contributed by atoms with Crippen molar-refractivity contribution in [3.63, 3.8) is 0 Å². The molecule has 0 saturated heterocycles. The van der Waals surface area contributed by atoms with Crippen LogP contribution in [0, 0.1) is 0 Å². The summed E-state index contributed by atoms with van der Waals surface area (Å²) in [5.74, 6) is 1.91. The minimum atomic E-state index is 0.341. The molecule has 1 aromatic carbocycles. The Morgan fingerprint density at radius 1 is 1.28 bits per heavy atom. The molecule has 6 heteroatoms. The molecule has 0 aliphatic heterocycles. The molecule has 0 unspecified atom stereocenters. The zero-order valence-corrected chi connectivity index (χ0v) is 12.3. The lowest BCUT2D eigenvalue weighted by Gasteiger charge is -2.08.